The number of piperazine rings is 1. The molecule has 2 aliphatic carbocycles. The predicted octanol–water partition coefficient (Wildman–Crippen LogP) is 5.69. The number of pyridine rings is 3. The van der Waals surface area contributed by atoms with Crippen LogP contribution in [-0.2, 0) is 19.1 Å². The molecule has 352 valence electrons. The van der Waals surface area contributed by atoms with Crippen LogP contribution in [0.4, 0.5) is 29.0 Å². The number of amides is 3. The largest absolute Gasteiger partial charge is 0.379 e. The van der Waals surface area contributed by atoms with Crippen molar-refractivity contribution < 1.29 is 28.7 Å². The average Bonchev–Trinajstić information content (AvgIpc) is 4.03. The normalized spacial score (nSPS) is 15.4. The standard InChI is InChI=1S/C49H59N11O7/c1-31-12-16-41(54-45(31)34-13-14-34)55-47(64)37-10-6-7-11-39(37)53-42(62)18-24-66-26-27-67-25-19-50-43(63)30-58-20-22-59(23-21-58)36-15-17-40(51-28-36)56-49-52-29-38-32(2)44(33(3)61)48(65)60(46(38)57-49)35-8-4-5-9-35/h6-7,10-12,15-17,28-29,34-35H,4-5,8-9,13-14,18-27,30H2,1-3H3,(H,50,63)(H,53,62)(H,54,55,64)(H,51,52,56,57). The van der Waals surface area contributed by atoms with Gasteiger partial charge in [-0.1, -0.05) is 31.0 Å². The average molecular weight is 914 g/mol. The van der Waals surface area contributed by atoms with Crippen molar-refractivity contribution in [3.63, 3.8) is 0 Å². The Bertz CT molecular complexity index is 2660. The summed E-state index contributed by atoms with van der Waals surface area (Å²) >= 11 is 0. The summed E-state index contributed by atoms with van der Waals surface area (Å²) in [7, 11) is 0. The lowest BCUT2D eigenvalue weighted by molar-refractivity contribution is -0.122. The molecule has 3 aliphatic rings. The van der Waals surface area contributed by atoms with E-state index >= 15 is 0 Å². The van der Waals surface area contributed by atoms with Crippen LogP contribution in [0, 0.1) is 13.8 Å². The number of nitrogens with zero attached hydrogens (tertiary/aromatic N) is 7. The van der Waals surface area contributed by atoms with Crippen molar-refractivity contribution in [1.82, 2.24) is 34.7 Å². The molecular formula is C49H59N11O7. The van der Waals surface area contributed by atoms with E-state index in [9.17, 15) is 24.0 Å². The number of nitrogens with one attached hydrogen (secondary N) is 4. The second-order valence-corrected chi connectivity index (χ2v) is 17.4. The SMILES string of the molecule is CC(=O)c1c(C)c2cnc(Nc3ccc(N4CCN(CC(=O)NCCOCCOCCC(=O)Nc5ccccc5C(=O)Nc5ccc(C)c(C6CC6)n5)CC4)cn3)nc2n(C2CCCC2)c1=O. The summed E-state index contributed by atoms with van der Waals surface area (Å²) in [4.78, 5) is 87.4. The number of hydrogen-bond donors (Lipinski definition) is 4. The Morgan fingerprint density at radius 1 is 0.776 bits per heavy atom. The first kappa shape index (κ1) is 46.9. The van der Waals surface area contributed by atoms with Gasteiger partial charge in [0.25, 0.3) is 11.5 Å². The summed E-state index contributed by atoms with van der Waals surface area (Å²) in [5.41, 5.74) is 4.89. The van der Waals surface area contributed by atoms with E-state index in [-0.39, 0.29) is 60.2 Å². The van der Waals surface area contributed by atoms with Crippen molar-refractivity contribution in [1.29, 1.82) is 0 Å². The van der Waals surface area contributed by atoms with Crippen molar-refractivity contribution >= 4 is 63.5 Å². The van der Waals surface area contributed by atoms with Gasteiger partial charge < -0.3 is 35.6 Å². The highest BCUT2D eigenvalue weighted by atomic mass is 16.5. The number of rotatable bonds is 20. The molecule has 1 aliphatic heterocycles. The zero-order valence-electron chi connectivity index (χ0n) is 38.4. The van der Waals surface area contributed by atoms with E-state index in [1.807, 2.05) is 25.1 Å². The topological polar surface area (TPSA) is 215 Å². The number of aryl methyl sites for hydroxylation is 2. The third-order valence-electron chi connectivity index (χ3n) is 12.5. The molecule has 8 rings (SSSR count). The maximum Gasteiger partial charge on any atom is 0.263 e. The zero-order chi connectivity index (χ0) is 46.9. The molecule has 5 aromatic rings. The van der Waals surface area contributed by atoms with Gasteiger partial charge in [0.1, 0.15) is 17.3 Å². The molecule has 18 heteroatoms. The third kappa shape index (κ3) is 11.9. The molecule has 1 aromatic carbocycles. The molecule has 0 atom stereocenters. The quantitative estimate of drug-likeness (QED) is 0.0546. The van der Waals surface area contributed by atoms with Crippen LogP contribution in [0.15, 0.2) is 65.7 Å². The number of fused-ring (bicyclic) bond motifs is 1. The highest BCUT2D eigenvalue weighted by Gasteiger charge is 2.28. The van der Waals surface area contributed by atoms with Gasteiger partial charge in [-0.15, -0.1) is 0 Å². The Balaban J connectivity index is 0.693. The number of aromatic nitrogens is 5. The van der Waals surface area contributed by atoms with Gasteiger partial charge in [0.2, 0.25) is 17.8 Å². The maximum atomic E-state index is 13.6. The van der Waals surface area contributed by atoms with E-state index in [0.717, 1.165) is 68.6 Å². The Morgan fingerprint density at radius 2 is 1.52 bits per heavy atom. The minimum absolute atomic E-state index is 0.00681. The van der Waals surface area contributed by atoms with Crippen LogP contribution in [0.2, 0.25) is 0 Å². The van der Waals surface area contributed by atoms with Crippen molar-refractivity contribution in [2.24, 2.45) is 0 Å². The van der Waals surface area contributed by atoms with Crippen LogP contribution < -0.4 is 31.7 Å². The summed E-state index contributed by atoms with van der Waals surface area (Å²) < 4.78 is 12.9. The molecule has 4 aromatic heterocycles. The molecule has 3 amide bonds. The second-order valence-electron chi connectivity index (χ2n) is 17.4. The highest BCUT2D eigenvalue weighted by molar-refractivity contribution is 6.09. The number of Topliss-reactive ketones (excluding diaryl/α,β-unsaturated/α-hetero) is 1. The summed E-state index contributed by atoms with van der Waals surface area (Å²) in [5.74, 6) is 0.870. The molecule has 4 N–H and O–H groups in total. The number of carbonyl (C=O) groups is 4. The van der Waals surface area contributed by atoms with E-state index in [1.165, 1.54) is 6.92 Å². The Kier molecular flexibility index (Phi) is 15.2. The summed E-state index contributed by atoms with van der Waals surface area (Å²) in [6.45, 7) is 9.91. The van der Waals surface area contributed by atoms with Crippen LogP contribution in [0.1, 0.15) is 101 Å². The Morgan fingerprint density at radius 3 is 2.25 bits per heavy atom. The lowest BCUT2D eigenvalue weighted by Gasteiger charge is -2.35. The van der Waals surface area contributed by atoms with Crippen molar-refractivity contribution in [2.75, 3.05) is 86.5 Å². The van der Waals surface area contributed by atoms with Crippen molar-refractivity contribution in [3.05, 3.63) is 99.2 Å². The van der Waals surface area contributed by atoms with Crippen LogP contribution in [-0.4, -0.2) is 119 Å². The molecule has 0 radical (unpaired) electrons. The maximum absolute atomic E-state index is 13.6. The van der Waals surface area contributed by atoms with Crippen LogP contribution in [0.3, 0.4) is 0 Å². The van der Waals surface area contributed by atoms with Gasteiger partial charge >= 0.3 is 0 Å². The summed E-state index contributed by atoms with van der Waals surface area (Å²) in [5, 5.41) is 12.5. The zero-order valence-corrected chi connectivity index (χ0v) is 38.4. The molecule has 18 nitrogen and oxygen atoms in total. The number of hydrogen-bond acceptors (Lipinski definition) is 14. The molecule has 0 spiro atoms. The fourth-order valence-electron chi connectivity index (χ4n) is 8.81. The minimum atomic E-state index is -0.350. The van der Waals surface area contributed by atoms with E-state index in [2.05, 4.69) is 46.0 Å². The number of ether oxygens (including phenoxy) is 2. The van der Waals surface area contributed by atoms with Gasteiger partial charge in [-0.25, -0.2) is 15.0 Å². The molecular weight excluding hydrogens is 855 g/mol. The van der Waals surface area contributed by atoms with Gasteiger partial charge in [0, 0.05) is 62.0 Å². The number of para-hydroxylation sites is 1. The lowest BCUT2D eigenvalue weighted by atomic mass is 10.0. The van der Waals surface area contributed by atoms with E-state index in [1.54, 1.807) is 54.2 Å². The van der Waals surface area contributed by atoms with Crippen LogP contribution in [0.5, 0.6) is 0 Å². The van der Waals surface area contributed by atoms with E-state index in [0.29, 0.717) is 90.8 Å². The fourth-order valence-corrected chi connectivity index (χ4v) is 8.81. The predicted molar refractivity (Wildman–Crippen MR) is 255 cm³/mol. The Labute approximate surface area is 389 Å². The monoisotopic (exact) mass is 913 g/mol. The van der Waals surface area contributed by atoms with Gasteiger partial charge in [0.05, 0.1) is 68.1 Å². The van der Waals surface area contributed by atoms with Gasteiger partial charge in [-0.3, -0.25) is 33.4 Å². The first-order valence-electron chi connectivity index (χ1n) is 23.3. The molecule has 0 unspecified atom stereocenters. The number of anilines is 5. The van der Waals surface area contributed by atoms with Gasteiger partial charge in [-0.05, 0) is 87.9 Å². The van der Waals surface area contributed by atoms with Crippen molar-refractivity contribution in [2.45, 2.75) is 77.7 Å². The van der Waals surface area contributed by atoms with Crippen LogP contribution >= 0.6 is 0 Å². The molecule has 2 saturated carbocycles. The summed E-state index contributed by atoms with van der Waals surface area (Å²) in [6.07, 6.45) is 9.59. The Hall–Kier alpha value is -6.63. The first-order valence-corrected chi connectivity index (χ1v) is 23.3. The number of carbonyl (C=O) groups excluding carboxylic acids is 4. The number of benzene rings is 1. The minimum Gasteiger partial charge on any atom is -0.379 e. The summed E-state index contributed by atoms with van der Waals surface area (Å²) in [6, 6.07) is 14.5. The fraction of sp³-hybridized carbons (Fsp3) is 0.449. The molecule has 0 bridgehead atoms. The van der Waals surface area contributed by atoms with E-state index < -0.39 is 0 Å². The van der Waals surface area contributed by atoms with Gasteiger partial charge in [-0.2, -0.15) is 4.98 Å². The van der Waals surface area contributed by atoms with Crippen LogP contribution in [0.25, 0.3) is 11.0 Å². The highest BCUT2D eigenvalue weighted by Crippen LogP contribution is 2.41. The second kappa shape index (κ2) is 21.8. The molecule has 1 saturated heterocycles. The van der Waals surface area contributed by atoms with Gasteiger partial charge in [0.15, 0.2) is 5.78 Å². The first-order chi connectivity index (χ1) is 32.5. The smallest absolute Gasteiger partial charge is 0.263 e. The van der Waals surface area contributed by atoms with Crippen molar-refractivity contribution in [3.8, 4) is 0 Å². The molecule has 67 heavy (non-hydrogen) atoms. The third-order valence-corrected chi connectivity index (χ3v) is 12.5. The molecule has 3 fully saturated rings. The number of ketones is 1. The molecule has 5 heterocycles. The lowest BCUT2D eigenvalue weighted by Crippen LogP contribution is -2.49. The van der Waals surface area contributed by atoms with E-state index in [4.69, 9.17) is 14.5 Å².